The summed E-state index contributed by atoms with van der Waals surface area (Å²) in [6.07, 6.45) is 5.14. The van der Waals surface area contributed by atoms with Crippen LogP contribution in [-0.4, -0.2) is 59.6 Å². The number of carbonyl (C=O) groups is 1. The largest absolute Gasteiger partial charge is 0.376 e. The first-order valence-corrected chi connectivity index (χ1v) is 10.3. The molecular weight excluding hydrogens is 354 g/mol. The van der Waals surface area contributed by atoms with Crippen LogP contribution in [0.1, 0.15) is 30.5 Å². The smallest absolute Gasteiger partial charge is 0.248 e. The molecule has 0 aliphatic carbocycles. The van der Waals surface area contributed by atoms with Gasteiger partial charge in [-0.25, -0.2) is 0 Å². The molecular formula is C22H29N3O3. The molecule has 0 spiro atoms. The molecule has 2 aliphatic rings. The Bertz CT molecular complexity index is 797. The third-order valence-corrected chi connectivity index (χ3v) is 5.73. The summed E-state index contributed by atoms with van der Waals surface area (Å²) in [5, 5.41) is 4.75. The number of aryl methyl sites for hydroxylation is 1. The lowest BCUT2D eigenvalue weighted by molar-refractivity contribution is -0.138. The van der Waals surface area contributed by atoms with Crippen molar-refractivity contribution in [3.8, 4) is 11.3 Å². The second-order valence-corrected chi connectivity index (χ2v) is 7.65. The highest BCUT2D eigenvalue weighted by atomic mass is 16.5. The standard InChI is InChI=1S/C22H29N3O3/c1-24-20-11-13-25(21(26)16-27-15-18-9-5-6-14-28-18)12-10-19(20)22(23-24)17-7-3-2-4-8-17/h2-4,7-8,18H,5-6,9-16H2,1H3. The molecule has 0 radical (unpaired) electrons. The SMILES string of the molecule is Cn1nc(-c2ccccc2)c2c1CCN(C(=O)COCC1CCCCO1)CC2. The van der Waals surface area contributed by atoms with E-state index in [0.29, 0.717) is 19.7 Å². The van der Waals surface area contributed by atoms with Gasteiger partial charge in [0.2, 0.25) is 5.91 Å². The molecule has 1 aromatic carbocycles. The minimum atomic E-state index is 0.0674. The normalized spacial score (nSPS) is 19.9. The molecule has 1 saturated heterocycles. The zero-order chi connectivity index (χ0) is 19.3. The number of carbonyl (C=O) groups excluding carboxylic acids is 1. The lowest BCUT2D eigenvalue weighted by atomic mass is 10.0. The Balaban J connectivity index is 1.36. The van der Waals surface area contributed by atoms with Crippen molar-refractivity contribution >= 4 is 5.91 Å². The zero-order valence-electron chi connectivity index (χ0n) is 16.6. The van der Waals surface area contributed by atoms with E-state index in [-0.39, 0.29) is 18.6 Å². The van der Waals surface area contributed by atoms with Crippen LogP contribution in [0.2, 0.25) is 0 Å². The summed E-state index contributed by atoms with van der Waals surface area (Å²) in [4.78, 5) is 14.6. The van der Waals surface area contributed by atoms with Crippen molar-refractivity contribution in [2.45, 2.75) is 38.2 Å². The number of benzene rings is 1. The van der Waals surface area contributed by atoms with Gasteiger partial charge in [0, 0.05) is 50.0 Å². The van der Waals surface area contributed by atoms with Crippen molar-refractivity contribution in [1.29, 1.82) is 0 Å². The van der Waals surface area contributed by atoms with E-state index >= 15 is 0 Å². The lowest BCUT2D eigenvalue weighted by Gasteiger charge is -2.24. The Morgan fingerprint density at radius 2 is 2.04 bits per heavy atom. The zero-order valence-corrected chi connectivity index (χ0v) is 16.6. The number of rotatable bonds is 5. The summed E-state index contributed by atoms with van der Waals surface area (Å²) < 4.78 is 13.3. The summed E-state index contributed by atoms with van der Waals surface area (Å²) >= 11 is 0. The average molecular weight is 383 g/mol. The summed E-state index contributed by atoms with van der Waals surface area (Å²) in [6, 6.07) is 10.3. The third-order valence-electron chi connectivity index (χ3n) is 5.73. The molecule has 0 saturated carbocycles. The van der Waals surface area contributed by atoms with Gasteiger partial charge >= 0.3 is 0 Å². The summed E-state index contributed by atoms with van der Waals surface area (Å²) in [5.41, 5.74) is 4.67. The molecule has 1 amide bonds. The van der Waals surface area contributed by atoms with Gasteiger partial charge in [0.25, 0.3) is 0 Å². The van der Waals surface area contributed by atoms with Crippen LogP contribution in [0.5, 0.6) is 0 Å². The number of fused-ring (bicyclic) bond motifs is 1. The Labute approximate surface area is 166 Å². The van der Waals surface area contributed by atoms with Crippen LogP contribution in [0.15, 0.2) is 30.3 Å². The molecule has 2 aliphatic heterocycles. The van der Waals surface area contributed by atoms with Gasteiger partial charge in [-0.1, -0.05) is 30.3 Å². The minimum Gasteiger partial charge on any atom is -0.376 e. The third kappa shape index (κ3) is 4.28. The molecule has 150 valence electrons. The lowest BCUT2D eigenvalue weighted by Crippen LogP contribution is -2.37. The molecule has 2 aromatic rings. The van der Waals surface area contributed by atoms with Crippen molar-refractivity contribution in [2.75, 3.05) is 32.9 Å². The van der Waals surface area contributed by atoms with Gasteiger partial charge in [-0.05, 0) is 25.7 Å². The number of hydrogen-bond donors (Lipinski definition) is 0. The predicted octanol–water partition coefficient (Wildman–Crippen LogP) is 2.60. The number of hydrogen-bond acceptors (Lipinski definition) is 4. The van der Waals surface area contributed by atoms with Gasteiger partial charge in [-0.2, -0.15) is 5.10 Å². The van der Waals surface area contributed by atoms with Gasteiger partial charge < -0.3 is 14.4 Å². The Kier molecular flexibility index (Phi) is 6.07. The van der Waals surface area contributed by atoms with Crippen LogP contribution in [0.3, 0.4) is 0 Å². The maximum absolute atomic E-state index is 12.6. The van der Waals surface area contributed by atoms with Gasteiger partial charge in [-0.15, -0.1) is 0 Å². The molecule has 6 nitrogen and oxygen atoms in total. The molecule has 0 bridgehead atoms. The van der Waals surface area contributed by atoms with E-state index in [1.54, 1.807) is 0 Å². The van der Waals surface area contributed by atoms with Crippen LogP contribution in [0, 0.1) is 0 Å². The van der Waals surface area contributed by atoms with E-state index in [9.17, 15) is 4.79 Å². The maximum atomic E-state index is 12.6. The molecule has 28 heavy (non-hydrogen) atoms. The van der Waals surface area contributed by atoms with E-state index in [0.717, 1.165) is 43.5 Å². The molecule has 1 atom stereocenters. The van der Waals surface area contributed by atoms with Crippen LogP contribution >= 0.6 is 0 Å². The van der Waals surface area contributed by atoms with Gasteiger partial charge in [0.15, 0.2) is 0 Å². The van der Waals surface area contributed by atoms with Crippen molar-refractivity contribution in [3.05, 3.63) is 41.6 Å². The minimum absolute atomic E-state index is 0.0674. The fourth-order valence-corrected chi connectivity index (χ4v) is 4.16. The van der Waals surface area contributed by atoms with Gasteiger partial charge in [0.1, 0.15) is 6.61 Å². The van der Waals surface area contributed by atoms with Crippen LogP contribution in [0.25, 0.3) is 11.3 Å². The number of ether oxygens (including phenoxy) is 2. The summed E-state index contributed by atoms with van der Waals surface area (Å²) in [5.74, 6) is 0.0674. The predicted molar refractivity (Wildman–Crippen MR) is 107 cm³/mol. The van der Waals surface area contributed by atoms with E-state index in [1.165, 1.54) is 17.7 Å². The van der Waals surface area contributed by atoms with E-state index in [2.05, 4.69) is 12.1 Å². The molecule has 1 unspecified atom stereocenters. The van der Waals surface area contributed by atoms with Crippen LogP contribution in [-0.2, 0) is 34.2 Å². The molecule has 6 heteroatoms. The quantitative estimate of drug-likeness (QED) is 0.796. The first kappa shape index (κ1) is 19.2. The fraction of sp³-hybridized carbons (Fsp3) is 0.545. The highest BCUT2D eigenvalue weighted by molar-refractivity contribution is 5.77. The summed E-state index contributed by atoms with van der Waals surface area (Å²) in [7, 11) is 2.00. The highest BCUT2D eigenvalue weighted by Gasteiger charge is 2.24. The number of aromatic nitrogens is 2. The highest BCUT2D eigenvalue weighted by Crippen LogP contribution is 2.28. The molecule has 1 aromatic heterocycles. The average Bonchev–Trinajstić information content (AvgIpc) is 2.90. The number of amides is 1. The first-order valence-electron chi connectivity index (χ1n) is 10.3. The second-order valence-electron chi connectivity index (χ2n) is 7.65. The maximum Gasteiger partial charge on any atom is 0.248 e. The molecule has 1 fully saturated rings. The first-order chi connectivity index (χ1) is 13.7. The fourth-order valence-electron chi connectivity index (χ4n) is 4.16. The van der Waals surface area contributed by atoms with Gasteiger partial charge in [0.05, 0.1) is 18.4 Å². The van der Waals surface area contributed by atoms with Crippen molar-refractivity contribution in [3.63, 3.8) is 0 Å². The van der Waals surface area contributed by atoms with Crippen molar-refractivity contribution < 1.29 is 14.3 Å². The second kappa shape index (κ2) is 8.88. The molecule has 3 heterocycles. The number of nitrogens with zero attached hydrogens (tertiary/aromatic N) is 3. The topological polar surface area (TPSA) is 56.6 Å². The van der Waals surface area contributed by atoms with Crippen molar-refractivity contribution in [1.82, 2.24) is 14.7 Å². The molecule has 0 N–H and O–H groups in total. The summed E-state index contributed by atoms with van der Waals surface area (Å²) in [6.45, 7) is 2.88. The van der Waals surface area contributed by atoms with E-state index < -0.39 is 0 Å². The van der Waals surface area contributed by atoms with Gasteiger partial charge in [-0.3, -0.25) is 9.48 Å². The Morgan fingerprint density at radius 1 is 1.21 bits per heavy atom. The monoisotopic (exact) mass is 383 g/mol. The Morgan fingerprint density at radius 3 is 2.82 bits per heavy atom. The van der Waals surface area contributed by atoms with Crippen LogP contribution < -0.4 is 0 Å². The van der Waals surface area contributed by atoms with Crippen molar-refractivity contribution in [2.24, 2.45) is 7.05 Å². The molecule has 4 rings (SSSR count). The van der Waals surface area contributed by atoms with E-state index in [1.807, 2.05) is 34.8 Å². The van der Waals surface area contributed by atoms with E-state index in [4.69, 9.17) is 14.6 Å². The Hall–Kier alpha value is -2.18. The van der Waals surface area contributed by atoms with Crippen LogP contribution in [0.4, 0.5) is 0 Å².